The Kier molecular flexibility index (Phi) is 17.2. The number of phenols is 1. The number of hydrogen-bond donors (Lipinski definition) is 8. The molecule has 0 bridgehead atoms. The lowest BCUT2D eigenvalue weighted by Crippen LogP contribution is -2.43. The summed E-state index contributed by atoms with van der Waals surface area (Å²) in [7, 11) is 1.76. The molecule has 8 N–H and O–H groups in total. The summed E-state index contributed by atoms with van der Waals surface area (Å²) in [6.07, 6.45) is -0.734. The standard InChI is InChI=1S/C44H53N9O12/c1-3-33(48-41(57)29-7-11-30(45-2)12-8-29)42(58)65-44(60)47-16-20-62-24-26-64-25-23-61-19-15-46-35(55)27-53-39(28-9-13-31(54)14-10-28)37-38(50-53)32-5-4-6-34(36(32)40(37)56)49-43(59)51-52-17-21-63-22-18-52/h4-14,33H,3,15-27H2,1-2H3,(H7,45,46,47,48,49,50,51,54,55,56,57,59,60)/p+1. The highest BCUT2D eigenvalue weighted by Crippen LogP contribution is 2.51. The maximum absolute atomic E-state index is 13.2. The van der Waals surface area contributed by atoms with Gasteiger partial charge in [-0.05, 0) is 61.0 Å². The second-order valence-electron chi connectivity index (χ2n) is 14.6. The van der Waals surface area contributed by atoms with Crippen molar-refractivity contribution in [2.75, 3.05) is 96.7 Å². The molecule has 1 fully saturated rings. The van der Waals surface area contributed by atoms with Gasteiger partial charge in [-0.1, -0.05) is 19.1 Å². The quantitative estimate of drug-likeness (QED) is 0.0225. The molecule has 3 aromatic rings. The number of hydrogen-bond acceptors (Lipinski definition) is 13. The summed E-state index contributed by atoms with van der Waals surface area (Å²) in [6, 6.07) is 16.7. The monoisotopic (exact) mass is 900 g/mol. The van der Waals surface area contributed by atoms with Crippen LogP contribution in [0.5, 0.6) is 11.5 Å². The van der Waals surface area contributed by atoms with E-state index >= 15 is 0 Å². The highest BCUT2D eigenvalue weighted by Gasteiger charge is 2.30. The number of ether oxygens (including phenoxy) is 5. The van der Waals surface area contributed by atoms with E-state index in [4.69, 9.17) is 23.7 Å². The zero-order valence-electron chi connectivity index (χ0n) is 36.1. The third kappa shape index (κ3) is 13.0. The van der Waals surface area contributed by atoms with Gasteiger partial charge in [0, 0.05) is 42.3 Å². The van der Waals surface area contributed by atoms with E-state index in [-0.39, 0.29) is 83.1 Å². The van der Waals surface area contributed by atoms with Gasteiger partial charge >= 0.3 is 18.1 Å². The zero-order chi connectivity index (χ0) is 46.1. The van der Waals surface area contributed by atoms with Gasteiger partial charge < -0.3 is 60.5 Å². The number of phenolic OH excluding ortho intramolecular Hbond substituents is 1. The van der Waals surface area contributed by atoms with Crippen LogP contribution in [0.3, 0.4) is 0 Å². The number of azo groups is 2. The molecular weight excluding hydrogens is 847 g/mol. The first kappa shape index (κ1) is 47.4. The number of aromatic hydroxyl groups is 2. The number of anilines is 2. The van der Waals surface area contributed by atoms with Crippen LogP contribution in [0.25, 0.3) is 33.3 Å². The first-order valence-electron chi connectivity index (χ1n) is 21.1. The van der Waals surface area contributed by atoms with Gasteiger partial charge in [0.15, 0.2) is 13.1 Å². The molecule has 1 aliphatic carbocycles. The minimum Gasteiger partial charge on any atom is -0.508 e. The number of aromatic amines is 1. The Morgan fingerprint density at radius 3 is 2.18 bits per heavy atom. The molecule has 2 heterocycles. The third-order valence-corrected chi connectivity index (χ3v) is 10.2. The Hall–Kier alpha value is -7.07. The smallest absolute Gasteiger partial charge is 0.415 e. The number of esters is 1. The maximum atomic E-state index is 13.2. The van der Waals surface area contributed by atoms with Crippen LogP contribution in [0.4, 0.5) is 21.0 Å². The van der Waals surface area contributed by atoms with Gasteiger partial charge in [-0.3, -0.25) is 19.4 Å². The fraction of sp³-hybridized carbons (Fsp3) is 0.386. The number of nitrogens with one attached hydrogen (secondary N) is 6. The first-order chi connectivity index (χ1) is 31.6. The third-order valence-electron chi connectivity index (χ3n) is 10.2. The van der Waals surface area contributed by atoms with Crippen LogP contribution in [-0.2, 0) is 39.8 Å². The summed E-state index contributed by atoms with van der Waals surface area (Å²) in [5.41, 5.74) is 3.66. The van der Waals surface area contributed by atoms with Crippen LogP contribution >= 0.6 is 0 Å². The van der Waals surface area contributed by atoms with Gasteiger partial charge in [0.1, 0.15) is 37.3 Å². The SMILES string of the molecule is CCC(NC(=O)c1ccc(NC)cc1)C(=O)OC(=O)NCCOCCOCCOCCNC(=O)Cn1[nH]c2c3cccc(NC(=O)N=[N+]4CCOCC4)c3c(O)c-2c1-c1ccc(O)cc1. The van der Waals surface area contributed by atoms with Gasteiger partial charge in [0.25, 0.3) is 5.91 Å². The Morgan fingerprint density at radius 1 is 0.862 bits per heavy atom. The molecule has 3 aliphatic rings. The van der Waals surface area contributed by atoms with E-state index in [2.05, 4.69) is 36.8 Å². The molecule has 0 radical (unpaired) electrons. The van der Waals surface area contributed by atoms with E-state index in [1.54, 1.807) is 77.9 Å². The average Bonchev–Trinajstić information content (AvgIpc) is 3.81. The van der Waals surface area contributed by atoms with Crippen molar-refractivity contribution in [3.63, 3.8) is 0 Å². The molecule has 21 heteroatoms. The normalized spacial score (nSPS) is 13.0. The van der Waals surface area contributed by atoms with Gasteiger partial charge in [0.05, 0.1) is 72.8 Å². The molecule has 21 nitrogen and oxygen atoms in total. The van der Waals surface area contributed by atoms with Crippen LogP contribution < -0.4 is 26.6 Å². The number of carbonyl (C=O) groups excluding carboxylic acids is 5. The van der Waals surface area contributed by atoms with Crippen molar-refractivity contribution in [1.82, 2.24) is 25.7 Å². The summed E-state index contributed by atoms with van der Waals surface area (Å²) in [4.78, 5) is 63.1. The Morgan fingerprint density at radius 2 is 1.52 bits per heavy atom. The minimum absolute atomic E-state index is 0.0506. The number of aromatic nitrogens is 2. The van der Waals surface area contributed by atoms with Gasteiger partial charge in [0.2, 0.25) is 5.91 Å². The lowest BCUT2D eigenvalue weighted by Gasteiger charge is -2.15. The summed E-state index contributed by atoms with van der Waals surface area (Å²) >= 11 is 0. The summed E-state index contributed by atoms with van der Waals surface area (Å²) < 4.78 is 29.9. The topological polar surface area (TPSA) is 268 Å². The lowest BCUT2D eigenvalue weighted by molar-refractivity contribution is -0.606. The number of morpholine rings is 1. The number of rotatable bonds is 21. The van der Waals surface area contributed by atoms with Crippen molar-refractivity contribution in [3.05, 3.63) is 72.3 Å². The highest BCUT2D eigenvalue weighted by molar-refractivity contribution is 6.17. The zero-order valence-corrected chi connectivity index (χ0v) is 36.1. The number of carbonyl (C=O) groups is 5. The second-order valence-corrected chi connectivity index (χ2v) is 14.6. The number of H-pyrrole nitrogens is 1. The molecule has 0 aromatic heterocycles. The molecule has 6 rings (SSSR count). The van der Waals surface area contributed by atoms with Crippen molar-refractivity contribution >= 4 is 52.1 Å². The van der Waals surface area contributed by atoms with E-state index in [1.165, 1.54) is 12.1 Å². The van der Waals surface area contributed by atoms with E-state index in [0.717, 1.165) is 5.69 Å². The van der Waals surface area contributed by atoms with Crippen molar-refractivity contribution in [3.8, 4) is 34.0 Å². The van der Waals surface area contributed by atoms with Crippen molar-refractivity contribution in [2.45, 2.75) is 25.9 Å². The molecule has 1 unspecified atom stereocenters. The van der Waals surface area contributed by atoms with Crippen LogP contribution in [-0.4, -0.2) is 147 Å². The average molecular weight is 901 g/mol. The molecular formula is C44H54N9O12+. The fourth-order valence-electron chi connectivity index (χ4n) is 6.92. The summed E-state index contributed by atoms with van der Waals surface area (Å²) in [5.74, 6) is -1.72. The number of urea groups is 1. The molecule has 0 saturated carbocycles. The largest absolute Gasteiger partial charge is 0.508 e. The van der Waals surface area contributed by atoms with Crippen LogP contribution in [0.1, 0.15) is 23.7 Å². The Bertz CT molecular complexity index is 2410. The Balaban J connectivity index is 0.880. The van der Waals surface area contributed by atoms with Crippen LogP contribution in [0, 0.1) is 0 Å². The Labute approximate surface area is 373 Å². The summed E-state index contributed by atoms with van der Waals surface area (Å²) in [5, 5.41) is 43.7. The predicted molar refractivity (Wildman–Crippen MR) is 236 cm³/mol. The molecule has 346 valence electrons. The predicted octanol–water partition coefficient (Wildman–Crippen LogP) is 3.85. The summed E-state index contributed by atoms with van der Waals surface area (Å²) in [6.45, 7) is 5.17. The molecule has 0 spiro atoms. The number of benzene rings is 3. The number of alkyl carbamates (subject to hydrolysis) is 1. The molecule has 2 aliphatic heterocycles. The first-order valence-corrected chi connectivity index (χ1v) is 21.1. The number of nitrogens with zero attached hydrogens (tertiary/aromatic N) is 3. The van der Waals surface area contributed by atoms with Crippen molar-refractivity contribution < 1.29 is 62.6 Å². The van der Waals surface area contributed by atoms with E-state index in [0.29, 0.717) is 70.8 Å². The van der Waals surface area contributed by atoms with E-state index < -0.39 is 30.0 Å². The van der Waals surface area contributed by atoms with Gasteiger partial charge in [-0.25, -0.2) is 14.4 Å². The molecule has 1 saturated heterocycles. The molecule has 1 atom stereocenters. The lowest BCUT2D eigenvalue weighted by atomic mass is 10.1. The second kappa shape index (κ2) is 23.6. The molecule has 65 heavy (non-hydrogen) atoms. The highest BCUT2D eigenvalue weighted by atomic mass is 16.6. The van der Waals surface area contributed by atoms with Crippen molar-refractivity contribution in [2.24, 2.45) is 5.11 Å². The van der Waals surface area contributed by atoms with Crippen LogP contribution in [0.2, 0.25) is 0 Å². The van der Waals surface area contributed by atoms with E-state index in [9.17, 15) is 34.2 Å². The van der Waals surface area contributed by atoms with Gasteiger partial charge in [-0.15, -0.1) is 4.70 Å². The van der Waals surface area contributed by atoms with Gasteiger partial charge in [-0.2, -0.15) is 0 Å². The van der Waals surface area contributed by atoms with Crippen LogP contribution in [0.15, 0.2) is 71.8 Å². The minimum atomic E-state index is -1.01. The van der Waals surface area contributed by atoms with Crippen molar-refractivity contribution in [1.29, 1.82) is 0 Å². The maximum Gasteiger partial charge on any atom is 0.415 e. The van der Waals surface area contributed by atoms with E-state index in [1.807, 2.05) is 0 Å². The number of amides is 5. The number of fused-ring (bicyclic) bond motifs is 3. The molecule has 5 amide bonds. The fourth-order valence-corrected chi connectivity index (χ4v) is 6.92. The molecule has 3 aromatic carbocycles.